The summed E-state index contributed by atoms with van der Waals surface area (Å²) in [5, 5.41) is 8.72. The number of nitrogens with one attached hydrogen (secondary N) is 1. The highest BCUT2D eigenvalue weighted by Gasteiger charge is 2.32. The molecule has 0 aromatic carbocycles. The normalized spacial score (nSPS) is 24.8. The van der Waals surface area contributed by atoms with Gasteiger partial charge in [-0.3, -0.25) is 9.48 Å². The Hall–Kier alpha value is -1.40. The highest BCUT2D eigenvalue weighted by Crippen LogP contribution is 2.28. The third-order valence-corrected chi connectivity index (χ3v) is 6.93. The Labute approximate surface area is 169 Å². The van der Waals surface area contributed by atoms with E-state index in [9.17, 15) is 4.79 Å². The van der Waals surface area contributed by atoms with Crippen LogP contribution in [-0.2, 0) is 19.4 Å². The number of nitrogens with zero attached hydrogens (tertiary/aromatic N) is 4. The van der Waals surface area contributed by atoms with Crippen LogP contribution in [0.2, 0.25) is 0 Å². The van der Waals surface area contributed by atoms with Crippen LogP contribution < -0.4 is 5.32 Å². The standard InChI is InChI=1S/C22H37N5O/c1-3-27-20-11-10-18(23-17-8-5-4-6-9-17)16-19(20)21(24-27)22(28)26-13-7-12-25(2)14-15-26/h17-18,23H,3-16H2,1-2H3. The van der Waals surface area contributed by atoms with Crippen LogP contribution in [0.5, 0.6) is 0 Å². The topological polar surface area (TPSA) is 53.4 Å². The first-order chi connectivity index (χ1) is 13.7. The molecule has 1 saturated carbocycles. The fourth-order valence-electron chi connectivity index (χ4n) is 5.27. The van der Waals surface area contributed by atoms with E-state index in [-0.39, 0.29) is 5.91 Å². The molecule has 1 aromatic rings. The van der Waals surface area contributed by atoms with Gasteiger partial charge >= 0.3 is 0 Å². The van der Waals surface area contributed by atoms with E-state index < -0.39 is 0 Å². The van der Waals surface area contributed by atoms with E-state index in [0.29, 0.717) is 12.1 Å². The monoisotopic (exact) mass is 387 g/mol. The molecule has 1 amide bonds. The van der Waals surface area contributed by atoms with Gasteiger partial charge in [0, 0.05) is 49.5 Å². The van der Waals surface area contributed by atoms with Gasteiger partial charge in [-0.25, -0.2) is 0 Å². The molecule has 0 radical (unpaired) electrons. The number of hydrogen-bond donors (Lipinski definition) is 1. The lowest BCUT2D eigenvalue weighted by molar-refractivity contribution is 0.0754. The molecule has 2 aliphatic carbocycles. The maximum Gasteiger partial charge on any atom is 0.274 e. The Morgan fingerprint density at radius 3 is 2.64 bits per heavy atom. The largest absolute Gasteiger partial charge is 0.336 e. The summed E-state index contributed by atoms with van der Waals surface area (Å²) < 4.78 is 2.09. The van der Waals surface area contributed by atoms with Crippen molar-refractivity contribution < 1.29 is 4.79 Å². The van der Waals surface area contributed by atoms with Crippen LogP contribution in [0.25, 0.3) is 0 Å². The second-order valence-corrected chi connectivity index (χ2v) is 8.98. The maximum absolute atomic E-state index is 13.4. The number of rotatable bonds is 4. The number of carbonyl (C=O) groups excluding carboxylic acids is 1. The van der Waals surface area contributed by atoms with Crippen molar-refractivity contribution in [3.8, 4) is 0 Å². The van der Waals surface area contributed by atoms with Gasteiger partial charge in [0.15, 0.2) is 5.69 Å². The zero-order valence-corrected chi connectivity index (χ0v) is 17.8. The SMILES string of the molecule is CCn1nc(C(=O)N2CCCN(C)CC2)c2c1CCC(NC1CCCCC1)C2. The van der Waals surface area contributed by atoms with Crippen molar-refractivity contribution in [2.75, 3.05) is 33.2 Å². The van der Waals surface area contributed by atoms with Crippen LogP contribution in [0, 0.1) is 0 Å². The van der Waals surface area contributed by atoms with Gasteiger partial charge in [0.1, 0.15) is 0 Å². The van der Waals surface area contributed by atoms with E-state index in [1.165, 1.54) is 43.4 Å². The summed E-state index contributed by atoms with van der Waals surface area (Å²) in [5.74, 6) is 0.150. The fourth-order valence-corrected chi connectivity index (χ4v) is 5.27. The van der Waals surface area contributed by atoms with Crippen molar-refractivity contribution in [2.45, 2.75) is 83.3 Å². The molecular weight excluding hydrogens is 350 g/mol. The second-order valence-electron chi connectivity index (χ2n) is 8.98. The first kappa shape index (κ1) is 19.9. The van der Waals surface area contributed by atoms with E-state index >= 15 is 0 Å². The van der Waals surface area contributed by atoms with Gasteiger partial charge in [0.25, 0.3) is 5.91 Å². The summed E-state index contributed by atoms with van der Waals surface area (Å²) in [6, 6.07) is 1.16. The molecular formula is C22H37N5O. The minimum absolute atomic E-state index is 0.150. The highest BCUT2D eigenvalue weighted by molar-refractivity contribution is 5.94. The van der Waals surface area contributed by atoms with Gasteiger partial charge in [0.2, 0.25) is 0 Å². The number of amides is 1. The Kier molecular flexibility index (Phi) is 6.36. The molecule has 1 aliphatic heterocycles. The third kappa shape index (κ3) is 4.28. The Bertz CT molecular complexity index is 679. The van der Waals surface area contributed by atoms with Gasteiger partial charge in [-0.15, -0.1) is 0 Å². The van der Waals surface area contributed by atoms with E-state index in [1.807, 2.05) is 4.90 Å². The summed E-state index contributed by atoms with van der Waals surface area (Å²) in [4.78, 5) is 17.7. The Morgan fingerprint density at radius 2 is 1.86 bits per heavy atom. The molecule has 0 bridgehead atoms. The van der Waals surface area contributed by atoms with E-state index in [4.69, 9.17) is 5.10 Å². The second kappa shape index (κ2) is 8.95. The fraction of sp³-hybridized carbons (Fsp3) is 0.818. The minimum atomic E-state index is 0.150. The molecule has 28 heavy (non-hydrogen) atoms. The van der Waals surface area contributed by atoms with Crippen molar-refractivity contribution in [3.05, 3.63) is 17.0 Å². The molecule has 156 valence electrons. The Morgan fingerprint density at radius 1 is 1.04 bits per heavy atom. The number of carbonyl (C=O) groups is 1. The van der Waals surface area contributed by atoms with Crippen LogP contribution in [0.1, 0.15) is 73.6 Å². The van der Waals surface area contributed by atoms with Crippen LogP contribution >= 0.6 is 0 Å². The van der Waals surface area contributed by atoms with Crippen molar-refractivity contribution >= 4 is 5.91 Å². The van der Waals surface area contributed by atoms with Gasteiger partial charge in [-0.05, 0) is 59.0 Å². The van der Waals surface area contributed by atoms with Crippen LogP contribution in [0.3, 0.4) is 0 Å². The molecule has 6 nitrogen and oxygen atoms in total. The van der Waals surface area contributed by atoms with E-state index in [0.717, 1.165) is 64.1 Å². The molecule has 4 rings (SSSR count). The molecule has 2 fully saturated rings. The molecule has 0 spiro atoms. The quantitative estimate of drug-likeness (QED) is 0.862. The zero-order chi connectivity index (χ0) is 19.5. The van der Waals surface area contributed by atoms with Crippen molar-refractivity contribution in [1.29, 1.82) is 0 Å². The average molecular weight is 388 g/mol. The number of likely N-dealkylation sites (N-methyl/N-ethyl adjacent to an activating group) is 1. The lowest BCUT2D eigenvalue weighted by atomic mass is 9.88. The summed E-state index contributed by atoms with van der Waals surface area (Å²) >= 11 is 0. The number of fused-ring (bicyclic) bond motifs is 1. The summed E-state index contributed by atoms with van der Waals surface area (Å²) in [6.45, 7) is 6.66. The van der Waals surface area contributed by atoms with Gasteiger partial charge in [0.05, 0.1) is 0 Å². The summed E-state index contributed by atoms with van der Waals surface area (Å²) in [7, 11) is 2.14. The smallest absolute Gasteiger partial charge is 0.274 e. The summed E-state index contributed by atoms with van der Waals surface area (Å²) in [6.07, 6.45) is 10.9. The Balaban J connectivity index is 1.51. The summed E-state index contributed by atoms with van der Waals surface area (Å²) in [5.41, 5.74) is 3.26. The van der Waals surface area contributed by atoms with Gasteiger partial charge in [-0.2, -0.15) is 5.10 Å². The maximum atomic E-state index is 13.4. The van der Waals surface area contributed by atoms with Crippen molar-refractivity contribution in [3.63, 3.8) is 0 Å². The van der Waals surface area contributed by atoms with Crippen LogP contribution in [-0.4, -0.2) is 70.8 Å². The first-order valence-corrected chi connectivity index (χ1v) is 11.5. The average Bonchev–Trinajstić information content (AvgIpc) is 2.94. The van der Waals surface area contributed by atoms with Crippen molar-refractivity contribution in [1.82, 2.24) is 24.9 Å². The molecule has 1 atom stereocenters. The lowest BCUT2D eigenvalue weighted by Gasteiger charge is -2.31. The minimum Gasteiger partial charge on any atom is -0.336 e. The first-order valence-electron chi connectivity index (χ1n) is 11.5. The predicted octanol–water partition coefficient (Wildman–Crippen LogP) is 2.46. The molecule has 1 N–H and O–H groups in total. The van der Waals surface area contributed by atoms with Gasteiger partial charge in [-0.1, -0.05) is 19.3 Å². The van der Waals surface area contributed by atoms with E-state index in [1.54, 1.807) is 0 Å². The molecule has 3 aliphatic rings. The number of aryl methyl sites for hydroxylation is 1. The molecule has 1 saturated heterocycles. The van der Waals surface area contributed by atoms with E-state index in [2.05, 4.69) is 28.9 Å². The lowest BCUT2D eigenvalue weighted by Crippen LogP contribution is -2.43. The third-order valence-electron chi connectivity index (χ3n) is 6.93. The van der Waals surface area contributed by atoms with Crippen LogP contribution in [0.4, 0.5) is 0 Å². The zero-order valence-electron chi connectivity index (χ0n) is 17.8. The molecule has 1 unspecified atom stereocenters. The van der Waals surface area contributed by atoms with Gasteiger partial charge < -0.3 is 15.1 Å². The van der Waals surface area contributed by atoms with Crippen LogP contribution in [0.15, 0.2) is 0 Å². The highest BCUT2D eigenvalue weighted by atomic mass is 16.2. The molecule has 1 aromatic heterocycles. The predicted molar refractivity (Wildman–Crippen MR) is 112 cm³/mol. The number of hydrogen-bond acceptors (Lipinski definition) is 4. The van der Waals surface area contributed by atoms with Crippen molar-refractivity contribution in [2.24, 2.45) is 0 Å². The molecule has 6 heteroatoms. The number of aromatic nitrogens is 2. The molecule has 2 heterocycles.